The Morgan fingerprint density at radius 1 is 1.31 bits per heavy atom. The van der Waals surface area contributed by atoms with E-state index in [1.165, 1.54) is 17.7 Å². The van der Waals surface area contributed by atoms with E-state index in [4.69, 9.17) is 0 Å². The zero-order chi connectivity index (χ0) is 11.7. The lowest BCUT2D eigenvalue weighted by Gasteiger charge is -2.31. The molecule has 0 saturated carbocycles. The Balaban J connectivity index is 1.93. The third kappa shape index (κ3) is 2.26. The molecular formula is C12H20N2O2. The van der Waals surface area contributed by atoms with Crippen LogP contribution in [0.25, 0.3) is 0 Å². The Labute approximate surface area is 96.4 Å². The molecule has 2 saturated heterocycles. The van der Waals surface area contributed by atoms with Crippen molar-refractivity contribution in [3.05, 3.63) is 0 Å². The summed E-state index contributed by atoms with van der Waals surface area (Å²) in [6.45, 7) is 4.55. The maximum Gasteiger partial charge on any atom is 0.232 e. The first-order chi connectivity index (χ1) is 7.58. The average Bonchev–Trinajstić information content (AvgIpc) is 2.45. The zero-order valence-corrected chi connectivity index (χ0v) is 10.0. The van der Waals surface area contributed by atoms with E-state index in [1.54, 1.807) is 0 Å². The number of likely N-dealkylation sites (tertiary alicyclic amines) is 1. The predicted molar refractivity (Wildman–Crippen MR) is 60.7 cm³/mol. The summed E-state index contributed by atoms with van der Waals surface area (Å²) >= 11 is 0. The van der Waals surface area contributed by atoms with Crippen molar-refractivity contribution in [3.63, 3.8) is 0 Å². The maximum atomic E-state index is 11.7. The molecule has 2 rings (SSSR count). The molecule has 2 heterocycles. The van der Waals surface area contributed by atoms with Gasteiger partial charge in [0, 0.05) is 31.0 Å². The van der Waals surface area contributed by atoms with Crippen molar-refractivity contribution in [1.82, 2.24) is 10.2 Å². The highest BCUT2D eigenvalue weighted by Crippen LogP contribution is 2.21. The van der Waals surface area contributed by atoms with E-state index in [0.717, 1.165) is 6.42 Å². The van der Waals surface area contributed by atoms with Gasteiger partial charge >= 0.3 is 0 Å². The minimum absolute atomic E-state index is 0.00229. The van der Waals surface area contributed by atoms with Crippen molar-refractivity contribution in [2.24, 2.45) is 5.92 Å². The van der Waals surface area contributed by atoms with E-state index in [2.05, 4.69) is 12.2 Å². The van der Waals surface area contributed by atoms with E-state index in [9.17, 15) is 9.59 Å². The molecule has 0 spiro atoms. The van der Waals surface area contributed by atoms with Gasteiger partial charge in [0.05, 0.1) is 0 Å². The van der Waals surface area contributed by atoms with E-state index in [1.807, 2.05) is 6.92 Å². The lowest BCUT2D eigenvalue weighted by molar-refractivity contribution is -0.139. The first-order valence-electron chi connectivity index (χ1n) is 6.18. The van der Waals surface area contributed by atoms with Crippen LogP contribution in [0.2, 0.25) is 0 Å². The van der Waals surface area contributed by atoms with Crippen LogP contribution in [0.3, 0.4) is 0 Å². The molecule has 0 bridgehead atoms. The summed E-state index contributed by atoms with van der Waals surface area (Å²) in [5, 5.41) is 3.45. The Morgan fingerprint density at radius 3 is 2.62 bits per heavy atom. The summed E-state index contributed by atoms with van der Waals surface area (Å²) in [7, 11) is 0. The predicted octanol–water partition coefficient (Wildman–Crippen LogP) is 0.912. The number of piperidine rings is 1. The van der Waals surface area contributed by atoms with Crippen molar-refractivity contribution in [3.8, 4) is 0 Å². The van der Waals surface area contributed by atoms with Crippen LogP contribution >= 0.6 is 0 Å². The summed E-state index contributed by atoms with van der Waals surface area (Å²) in [5.41, 5.74) is 0. The van der Waals surface area contributed by atoms with Crippen molar-refractivity contribution >= 4 is 11.8 Å². The van der Waals surface area contributed by atoms with Crippen LogP contribution < -0.4 is 5.32 Å². The third-order valence-corrected chi connectivity index (χ3v) is 3.58. The molecule has 0 aromatic heterocycles. The van der Waals surface area contributed by atoms with Gasteiger partial charge in [0.2, 0.25) is 11.8 Å². The van der Waals surface area contributed by atoms with Gasteiger partial charge in [-0.25, -0.2) is 0 Å². The molecule has 3 atom stereocenters. The lowest BCUT2D eigenvalue weighted by Crippen LogP contribution is -2.48. The fraction of sp³-hybridized carbons (Fsp3) is 0.833. The molecule has 0 aromatic carbocycles. The number of rotatable bonds is 2. The smallest absolute Gasteiger partial charge is 0.232 e. The van der Waals surface area contributed by atoms with E-state index in [0.29, 0.717) is 25.0 Å². The Kier molecular flexibility index (Phi) is 3.28. The van der Waals surface area contributed by atoms with Crippen LogP contribution in [-0.4, -0.2) is 35.3 Å². The number of hydrogen-bond donors (Lipinski definition) is 1. The number of carbonyl (C=O) groups excluding carboxylic acids is 2. The van der Waals surface area contributed by atoms with Crippen molar-refractivity contribution in [2.75, 3.05) is 6.54 Å². The van der Waals surface area contributed by atoms with Gasteiger partial charge in [0.1, 0.15) is 0 Å². The van der Waals surface area contributed by atoms with Gasteiger partial charge in [-0.05, 0) is 19.8 Å². The molecule has 90 valence electrons. The highest BCUT2D eigenvalue weighted by atomic mass is 16.2. The second-order valence-electron chi connectivity index (χ2n) is 5.14. The first-order valence-corrected chi connectivity index (χ1v) is 6.18. The van der Waals surface area contributed by atoms with E-state index >= 15 is 0 Å². The molecule has 2 aliphatic rings. The normalized spacial score (nSPS) is 35.9. The first kappa shape index (κ1) is 11.6. The number of nitrogens with one attached hydrogen (secondary N) is 1. The molecular weight excluding hydrogens is 204 g/mol. The minimum Gasteiger partial charge on any atom is -0.310 e. The molecule has 0 aliphatic carbocycles. The van der Waals surface area contributed by atoms with Gasteiger partial charge in [-0.15, -0.1) is 0 Å². The number of imide groups is 1. The van der Waals surface area contributed by atoms with Crippen molar-refractivity contribution < 1.29 is 9.59 Å². The molecule has 0 radical (unpaired) electrons. The van der Waals surface area contributed by atoms with Crippen LogP contribution in [0.15, 0.2) is 0 Å². The number of nitrogens with zero attached hydrogens (tertiary/aromatic N) is 1. The van der Waals surface area contributed by atoms with Gasteiger partial charge in [-0.1, -0.05) is 13.3 Å². The molecule has 0 aromatic rings. The highest BCUT2D eigenvalue weighted by molar-refractivity contribution is 6.03. The largest absolute Gasteiger partial charge is 0.310 e. The summed E-state index contributed by atoms with van der Waals surface area (Å²) < 4.78 is 0. The highest BCUT2D eigenvalue weighted by Gasteiger charge is 2.37. The van der Waals surface area contributed by atoms with Gasteiger partial charge < -0.3 is 5.32 Å². The van der Waals surface area contributed by atoms with Crippen LogP contribution in [0.1, 0.15) is 39.5 Å². The fourth-order valence-corrected chi connectivity index (χ4v) is 2.64. The van der Waals surface area contributed by atoms with Gasteiger partial charge in [-0.3, -0.25) is 14.5 Å². The topological polar surface area (TPSA) is 49.4 Å². The van der Waals surface area contributed by atoms with E-state index in [-0.39, 0.29) is 17.7 Å². The quantitative estimate of drug-likeness (QED) is 0.709. The van der Waals surface area contributed by atoms with Crippen LogP contribution in [0, 0.1) is 5.92 Å². The molecule has 2 amide bonds. The van der Waals surface area contributed by atoms with Crippen molar-refractivity contribution in [2.45, 2.75) is 51.6 Å². The van der Waals surface area contributed by atoms with Crippen LogP contribution in [0.4, 0.5) is 0 Å². The summed E-state index contributed by atoms with van der Waals surface area (Å²) in [5.74, 6) is -0.115. The summed E-state index contributed by atoms with van der Waals surface area (Å²) in [6.07, 6.45) is 3.83. The molecule has 1 N–H and O–H groups in total. The Hall–Kier alpha value is -0.900. The average molecular weight is 224 g/mol. The SMILES string of the molecule is CC1CCCC(CN2C(=O)CC(C)C2=O)N1. The Morgan fingerprint density at radius 2 is 2.06 bits per heavy atom. The molecule has 4 nitrogen and oxygen atoms in total. The third-order valence-electron chi connectivity index (χ3n) is 3.58. The van der Waals surface area contributed by atoms with Crippen molar-refractivity contribution in [1.29, 1.82) is 0 Å². The lowest BCUT2D eigenvalue weighted by atomic mass is 9.99. The zero-order valence-electron chi connectivity index (χ0n) is 10.0. The van der Waals surface area contributed by atoms with Crippen LogP contribution in [-0.2, 0) is 9.59 Å². The fourth-order valence-electron chi connectivity index (χ4n) is 2.64. The molecule has 16 heavy (non-hydrogen) atoms. The summed E-state index contributed by atoms with van der Waals surface area (Å²) in [4.78, 5) is 24.8. The molecule has 2 fully saturated rings. The number of amides is 2. The molecule has 3 unspecified atom stereocenters. The number of hydrogen-bond acceptors (Lipinski definition) is 3. The second kappa shape index (κ2) is 4.53. The minimum atomic E-state index is -0.117. The van der Waals surface area contributed by atoms with Crippen LogP contribution in [0.5, 0.6) is 0 Å². The monoisotopic (exact) mass is 224 g/mol. The van der Waals surface area contributed by atoms with Gasteiger partial charge in [0.25, 0.3) is 0 Å². The Bertz CT molecular complexity index is 303. The number of carbonyl (C=O) groups is 2. The molecule has 2 aliphatic heterocycles. The van der Waals surface area contributed by atoms with Gasteiger partial charge in [-0.2, -0.15) is 0 Å². The maximum absolute atomic E-state index is 11.7. The molecule has 4 heteroatoms. The standard InChI is InChI=1S/C12H20N2O2/c1-8-6-11(15)14(12(8)16)7-10-5-3-4-9(2)13-10/h8-10,13H,3-7H2,1-2H3. The second-order valence-corrected chi connectivity index (χ2v) is 5.14. The van der Waals surface area contributed by atoms with E-state index < -0.39 is 0 Å². The van der Waals surface area contributed by atoms with Gasteiger partial charge in [0.15, 0.2) is 0 Å². The summed E-state index contributed by atoms with van der Waals surface area (Å²) in [6, 6.07) is 0.797.